The summed E-state index contributed by atoms with van der Waals surface area (Å²) in [5.74, 6) is -1.79. The van der Waals surface area contributed by atoms with Crippen LogP contribution in [0.1, 0.15) is 43.0 Å². The molecule has 0 radical (unpaired) electrons. The molecule has 350 valence electrons. The molecule has 0 bridgehead atoms. The second-order valence-electron chi connectivity index (χ2n) is 16.4. The van der Waals surface area contributed by atoms with E-state index < -0.39 is 69.9 Å². The summed E-state index contributed by atoms with van der Waals surface area (Å²) >= 11 is 0. The first-order valence-corrected chi connectivity index (χ1v) is 21.0. The number of fused-ring (bicyclic) bond motifs is 4. The van der Waals surface area contributed by atoms with Gasteiger partial charge in [0.15, 0.2) is 0 Å². The highest BCUT2D eigenvalue weighted by Crippen LogP contribution is 2.49. The number of amides is 2. The maximum atomic E-state index is 15.5. The lowest BCUT2D eigenvalue weighted by atomic mass is 9.95. The fraction of sp³-hybridized carbons (Fsp3) is 0.0741. The van der Waals surface area contributed by atoms with Gasteiger partial charge < -0.3 is 4.57 Å². The first-order valence-electron chi connectivity index (χ1n) is 21.0. The van der Waals surface area contributed by atoms with Crippen molar-refractivity contribution in [3.63, 3.8) is 0 Å². The Morgan fingerprint density at radius 3 is 1.09 bits per heavy atom. The lowest BCUT2D eigenvalue weighted by Gasteiger charge is -2.23. The molecule has 0 fully saturated rings. The molecule has 0 N–H and O–H groups in total. The van der Waals surface area contributed by atoms with E-state index in [1.54, 1.807) is 78.9 Å². The minimum Gasteiger partial charge on any atom is -0.307 e. The minimum absolute atomic E-state index is 0.0651. The summed E-state index contributed by atoms with van der Waals surface area (Å²) in [6.07, 6.45) is -21.2. The van der Waals surface area contributed by atoms with E-state index >= 15 is 4.79 Å². The van der Waals surface area contributed by atoms with Crippen LogP contribution in [0.25, 0.3) is 72.0 Å². The van der Waals surface area contributed by atoms with Crippen LogP contribution in [0.2, 0.25) is 0 Å². The normalized spacial score (nSPS) is 13.5. The summed E-state index contributed by atoms with van der Waals surface area (Å²) < 4.78 is 174. The number of hydrogen-bond donors (Lipinski definition) is 0. The third kappa shape index (κ3) is 7.72. The summed E-state index contributed by atoms with van der Waals surface area (Å²) in [6, 6.07) is 36.3. The molecular formula is C54H28F12N2O2. The van der Waals surface area contributed by atoms with Crippen LogP contribution in [0.15, 0.2) is 170 Å². The van der Waals surface area contributed by atoms with Crippen molar-refractivity contribution in [3.8, 4) is 50.2 Å². The van der Waals surface area contributed by atoms with Crippen LogP contribution in [0.4, 0.5) is 58.4 Å². The third-order valence-corrected chi connectivity index (χ3v) is 12.2. The molecule has 2 heterocycles. The molecule has 16 heteroatoms. The Morgan fingerprint density at radius 1 is 0.329 bits per heavy atom. The molecule has 0 saturated heterocycles. The average Bonchev–Trinajstić information content (AvgIpc) is 3.80. The summed E-state index contributed by atoms with van der Waals surface area (Å²) in [7, 11) is 0. The zero-order valence-corrected chi connectivity index (χ0v) is 35.4. The van der Waals surface area contributed by atoms with Gasteiger partial charge in [0.25, 0.3) is 11.8 Å². The maximum absolute atomic E-state index is 15.5. The lowest BCUT2D eigenvalue weighted by molar-refractivity contribution is -0.144. The van der Waals surface area contributed by atoms with Crippen molar-refractivity contribution in [1.82, 2.24) is 4.57 Å². The lowest BCUT2D eigenvalue weighted by Crippen LogP contribution is -2.30. The Kier molecular flexibility index (Phi) is 10.6. The topological polar surface area (TPSA) is 42.3 Å². The number of hydrogen-bond acceptors (Lipinski definition) is 2. The van der Waals surface area contributed by atoms with Gasteiger partial charge in [-0.1, -0.05) is 121 Å². The molecule has 0 aliphatic carbocycles. The molecule has 8 aromatic carbocycles. The SMILES string of the molecule is O=C1c2cccc(-n3c4c(-c5cc(C(F)(F)F)cc(C(F)(F)F)c5)cccc4c4cccc(-c5cc(C(F)(F)F)cc(C(F)(F)F)c5)c43)c2C(=O)N1c1c(-c2ccccc2)cccc1-c1ccccc1. The molecule has 0 unspecified atom stereocenters. The van der Waals surface area contributed by atoms with E-state index in [9.17, 15) is 57.5 Å². The van der Waals surface area contributed by atoms with Crippen molar-refractivity contribution in [2.45, 2.75) is 24.7 Å². The van der Waals surface area contributed by atoms with E-state index in [0.29, 0.717) is 46.5 Å². The van der Waals surface area contributed by atoms with Crippen LogP contribution in [0.3, 0.4) is 0 Å². The molecule has 0 spiro atoms. The Hall–Kier alpha value is -8.14. The van der Waals surface area contributed by atoms with Gasteiger partial charge in [-0.3, -0.25) is 9.59 Å². The van der Waals surface area contributed by atoms with Gasteiger partial charge in [0, 0.05) is 33.0 Å². The number of imide groups is 1. The predicted molar refractivity (Wildman–Crippen MR) is 240 cm³/mol. The number of alkyl halides is 12. The Balaban J connectivity index is 1.33. The summed E-state index contributed by atoms with van der Waals surface area (Å²) in [5, 5.41) is 0.130. The number of nitrogens with zero attached hydrogens (tertiary/aromatic N) is 2. The van der Waals surface area contributed by atoms with E-state index in [-0.39, 0.29) is 67.6 Å². The van der Waals surface area contributed by atoms with Crippen molar-refractivity contribution in [3.05, 3.63) is 203 Å². The molecule has 4 nitrogen and oxygen atoms in total. The fourth-order valence-corrected chi connectivity index (χ4v) is 9.19. The zero-order chi connectivity index (χ0) is 49.7. The Morgan fingerprint density at radius 2 is 0.686 bits per heavy atom. The highest BCUT2D eigenvalue weighted by atomic mass is 19.4. The molecule has 0 atom stereocenters. The minimum atomic E-state index is -5.30. The smallest absolute Gasteiger partial charge is 0.307 e. The highest BCUT2D eigenvalue weighted by molar-refractivity contribution is 6.37. The number of para-hydroxylation sites is 3. The quantitative estimate of drug-likeness (QED) is 0.123. The molecule has 9 aromatic rings. The van der Waals surface area contributed by atoms with Gasteiger partial charge >= 0.3 is 24.7 Å². The van der Waals surface area contributed by atoms with Gasteiger partial charge in [-0.25, -0.2) is 4.90 Å². The number of aromatic nitrogens is 1. The molecule has 70 heavy (non-hydrogen) atoms. The number of halogens is 12. The van der Waals surface area contributed by atoms with E-state index in [2.05, 4.69) is 0 Å². The van der Waals surface area contributed by atoms with Crippen LogP contribution < -0.4 is 4.90 Å². The van der Waals surface area contributed by atoms with Crippen molar-refractivity contribution in [2.24, 2.45) is 0 Å². The van der Waals surface area contributed by atoms with Crippen LogP contribution in [0.5, 0.6) is 0 Å². The summed E-state index contributed by atoms with van der Waals surface area (Å²) in [4.78, 5) is 31.4. The number of carbonyl (C=O) groups is 2. The third-order valence-electron chi connectivity index (χ3n) is 12.2. The van der Waals surface area contributed by atoms with Gasteiger partial charge in [-0.2, -0.15) is 52.7 Å². The summed E-state index contributed by atoms with van der Waals surface area (Å²) in [6.45, 7) is 0. The van der Waals surface area contributed by atoms with Crippen molar-refractivity contribution >= 4 is 39.3 Å². The second-order valence-corrected chi connectivity index (χ2v) is 16.4. The van der Waals surface area contributed by atoms with Crippen molar-refractivity contribution in [2.75, 3.05) is 4.90 Å². The Bertz CT molecular complexity index is 3340. The van der Waals surface area contributed by atoms with E-state index in [0.717, 1.165) is 4.90 Å². The van der Waals surface area contributed by atoms with Gasteiger partial charge in [0.2, 0.25) is 0 Å². The predicted octanol–water partition coefficient (Wildman–Crippen LogP) is 16.3. The number of rotatable bonds is 6. The van der Waals surface area contributed by atoms with Crippen LogP contribution in [0, 0.1) is 0 Å². The zero-order valence-electron chi connectivity index (χ0n) is 35.4. The molecule has 10 rings (SSSR count). The Labute approximate surface area is 388 Å². The molecule has 2 amide bonds. The average molecular weight is 965 g/mol. The fourth-order valence-electron chi connectivity index (χ4n) is 9.19. The molecule has 0 saturated carbocycles. The largest absolute Gasteiger partial charge is 0.416 e. The van der Waals surface area contributed by atoms with E-state index in [4.69, 9.17) is 0 Å². The molecule has 1 aliphatic heterocycles. The number of benzene rings is 8. The number of carbonyl (C=O) groups excluding carboxylic acids is 2. The van der Waals surface area contributed by atoms with Gasteiger partial charge in [0.1, 0.15) is 0 Å². The van der Waals surface area contributed by atoms with Gasteiger partial charge in [0.05, 0.1) is 55.8 Å². The molecule has 1 aliphatic rings. The van der Waals surface area contributed by atoms with Crippen LogP contribution in [-0.4, -0.2) is 16.4 Å². The first-order chi connectivity index (χ1) is 33.1. The number of anilines is 1. The molecular weight excluding hydrogens is 937 g/mol. The van der Waals surface area contributed by atoms with E-state index in [1.165, 1.54) is 59.2 Å². The van der Waals surface area contributed by atoms with Gasteiger partial charge in [-0.15, -0.1) is 0 Å². The van der Waals surface area contributed by atoms with Crippen LogP contribution in [-0.2, 0) is 24.7 Å². The second kappa shape index (κ2) is 16.2. The van der Waals surface area contributed by atoms with Crippen molar-refractivity contribution < 1.29 is 62.3 Å². The highest BCUT2D eigenvalue weighted by Gasteiger charge is 2.43. The van der Waals surface area contributed by atoms with Crippen LogP contribution >= 0.6 is 0 Å². The molecule has 1 aromatic heterocycles. The standard InChI is InChI=1S/C54H28F12N2O2/c55-51(56,57)33-23-31(24-34(27-33)52(58,59)60)39-17-8-19-41-42-20-9-18-40(32-25-35(53(61,62)63)28-36(26-32)54(64,65)66)48(42)67(47(39)41)44-22-10-21-43-45(44)50(70)68(49(43)69)46-37(29-11-3-1-4-12-29)15-7-16-38(46)30-13-5-2-6-14-30/h1-28H. The maximum Gasteiger partial charge on any atom is 0.416 e. The summed E-state index contributed by atoms with van der Waals surface area (Å²) in [5.41, 5.74) is -7.50. The van der Waals surface area contributed by atoms with E-state index in [1.807, 2.05) is 0 Å². The van der Waals surface area contributed by atoms with Gasteiger partial charge in [-0.05, 0) is 70.8 Å². The van der Waals surface area contributed by atoms with Crippen molar-refractivity contribution in [1.29, 1.82) is 0 Å². The monoisotopic (exact) mass is 964 g/mol. The first kappa shape index (κ1) is 45.6.